The minimum Gasteiger partial charge on any atom is -0.353 e. The number of imidazole rings is 1. The molecule has 170 valence electrons. The number of nitrogens with one attached hydrogen (secondary N) is 1. The van der Waals surface area contributed by atoms with Crippen molar-refractivity contribution in [2.75, 3.05) is 13.1 Å². The smallest absolute Gasteiger partial charge is 0.332 e. The lowest BCUT2D eigenvalue weighted by Crippen LogP contribution is -2.39. The molecule has 3 aromatic rings. The van der Waals surface area contributed by atoms with Gasteiger partial charge in [-0.3, -0.25) is 38.2 Å². The Bertz CT molecular complexity index is 1420. The quantitative estimate of drug-likeness (QED) is 0.484. The number of amides is 3. The van der Waals surface area contributed by atoms with Gasteiger partial charge in [0.2, 0.25) is 5.91 Å². The Hall–Kier alpha value is -4.00. The number of pyridine rings is 1. The molecule has 0 aromatic carbocycles. The van der Waals surface area contributed by atoms with Crippen molar-refractivity contribution in [3.8, 4) is 0 Å². The first kappa shape index (κ1) is 22.2. The van der Waals surface area contributed by atoms with Gasteiger partial charge in [0, 0.05) is 39.6 Å². The van der Waals surface area contributed by atoms with Crippen LogP contribution < -0.4 is 16.6 Å². The third-order valence-electron chi connectivity index (χ3n) is 5.04. The van der Waals surface area contributed by atoms with Crippen LogP contribution in [0.15, 0.2) is 45.3 Å². The van der Waals surface area contributed by atoms with Crippen LogP contribution in [0, 0.1) is 0 Å². The lowest BCUT2D eigenvalue weighted by Gasteiger charge is -2.13. The zero-order chi connectivity index (χ0) is 23.7. The summed E-state index contributed by atoms with van der Waals surface area (Å²) in [5.41, 5.74) is -0.0727. The van der Waals surface area contributed by atoms with Gasteiger partial charge in [0.25, 0.3) is 16.7 Å². The number of hydrogen-bond acceptors (Lipinski definition) is 8. The van der Waals surface area contributed by atoms with Crippen molar-refractivity contribution in [2.24, 2.45) is 14.1 Å². The van der Waals surface area contributed by atoms with Crippen LogP contribution in [0.3, 0.4) is 0 Å². The molecule has 1 saturated heterocycles. The zero-order valence-electron chi connectivity index (χ0n) is 17.7. The van der Waals surface area contributed by atoms with Crippen molar-refractivity contribution in [1.29, 1.82) is 0 Å². The third kappa shape index (κ3) is 4.22. The predicted octanol–water partition coefficient (Wildman–Crippen LogP) is -0.319. The second kappa shape index (κ2) is 8.86. The number of aromatic nitrogens is 5. The number of nitrogens with zero attached hydrogens (tertiary/aromatic N) is 6. The summed E-state index contributed by atoms with van der Waals surface area (Å²) in [6.45, 7) is -0.172. The number of aryl methyl sites for hydroxylation is 1. The molecule has 1 aliphatic heterocycles. The summed E-state index contributed by atoms with van der Waals surface area (Å²) in [6, 6.07) is 3.50. The van der Waals surface area contributed by atoms with E-state index in [1.807, 2.05) is 0 Å². The number of carbonyl (C=O) groups excluding carboxylic acids is 3. The van der Waals surface area contributed by atoms with E-state index in [1.54, 1.807) is 30.6 Å². The third-order valence-corrected chi connectivity index (χ3v) is 5.95. The lowest BCUT2D eigenvalue weighted by molar-refractivity contribution is -0.124. The predicted molar refractivity (Wildman–Crippen MR) is 120 cm³/mol. The van der Waals surface area contributed by atoms with Gasteiger partial charge in [0.1, 0.15) is 6.54 Å². The molecule has 4 heterocycles. The fourth-order valence-electron chi connectivity index (χ4n) is 3.34. The molecule has 0 aliphatic carbocycles. The van der Waals surface area contributed by atoms with Gasteiger partial charge in [0.15, 0.2) is 11.2 Å². The van der Waals surface area contributed by atoms with Gasteiger partial charge in [0.05, 0.1) is 11.2 Å². The van der Waals surface area contributed by atoms with Crippen molar-refractivity contribution >= 4 is 46.1 Å². The normalized spacial score (nSPS) is 15.1. The van der Waals surface area contributed by atoms with E-state index in [0.717, 1.165) is 21.2 Å². The molecule has 3 aromatic heterocycles. The number of fused-ring (bicyclic) bond motifs is 1. The van der Waals surface area contributed by atoms with E-state index < -0.39 is 28.3 Å². The SMILES string of the molecule is Cn1c(=O)c2c(ncn2CC(=O)NCCN2C(=O)S/C(=C/c3cccnc3)C2=O)n(C)c1=O. The van der Waals surface area contributed by atoms with Crippen LogP contribution in [-0.4, -0.2) is 58.7 Å². The number of rotatable bonds is 6. The maximum Gasteiger partial charge on any atom is 0.332 e. The molecule has 33 heavy (non-hydrogen) atoms. The Morgan fingerprint density at radius 1 is 1.18 bits per heavy atom. The van der Waals surface area contributed by atoms with E-state index in [0.29, 0.717) is 5.56 Å². The van der Waals surface area contributed by atoms with Crippen molar-refractivity contribution in [2.45, 2.75) is 6.54 Å². The van der Waals surface area contributed by atoms with Crippen molar-refractivity contribution in [3.63, 3.8) is 0 Å². The Kier molecular flexibility index (Phi) is 5.96. The highest BCUT2D eigenvalue weighted by molar-refractivity contribution is 8.18. The first-order valence-electron chi connectivity index (χ1n) is 9.81. The first-order valence-corrected chi connectivity index (χ1v) is 10.6. The molecule has 0 atom stereocenters. The van der Waals surface area contributed by atoms with Gasteiger partial charge >= 0.3 is 5.69 Å². The average Bonchev–Trinajstić information content (AvgIpc) is 3.33. The van der Waals surface area contributed by atoms with Crippen molar-refractivity contribution < 1.29 is 14.4 Å². The summed E-state index contributed by atoms with van der Waals surface area (Å²) >= 11 is 0.827. The minimum absolute atomic E-state index is 0.00172. The van der Waals surface area contributed by atoms with Gasteiger partial charge in [-0.05, 0) is 29.5 Å². The summed E-state index contributed by atoms with van der Waals surface area (Å²) in [7, 11) is 2.83. The average molecular weight is 469 g/mol. The molecular weight excluding hydrogens is 450 g/mol. The Labute approximate surface area is 190 Å². The van der Waals surface area contributed by atoms with Crippen LogP contribution >= 0.6 is 11.8 Å². The second-order valence-corrected chi connectivity index (χ2v) is 8.21. The van der Waals surface area contributed by atoms with Crippen LogP contribution in [0.4, 0.5) is 4.79 Å². The maximum absolute atomic E-state index is 12.5. The van der Waals surface area contributed by atoms with Gasteiger partial charge in [-0.2, -0.15) is 0 Å². The van der Waals surface area contributed by atoms with Crippen LogP contribution in [0.25, 0.3) is 17.2 Å². The van der Waals surface area contributed by atoms with E-state index in [4.69, 9.17) is 0 Å². The molecule has 1 aliphatic rings. The molecule has 0 radical (unpaired) electrons. The molecule has 1 fully saturated rings. The maximum atomic E-state index is 12.5. The monoisotopic (exact) mass is 469 g/mol. The molecule has 0 spiro atoms. The van der Waals surface area contributed by atoms with Crippen molar-refractivity contribution in [3.05, 3.63) is 62.2 Å². The highest BCUT2D eigenvalue weighted by Crippen LogP contribution is 2.31. The van der Waals surface area contributed by atoms with E-state index in [1.165, 1.54) is 29.6 Å². The number of carbonyl (C=O) groups is 3. The second-order valence-electron chi connectivity index (χ2n) is 7.22. The molecule has 12 nitrogen and oxygen atoms in total. The molecule has 0 saturated carbocycles. The fourth-order valence-corrected chi connectivity index (χ4v) is 4.21. The van der Waals surface area contributed by atoms with E-state index in [-0.39, 0.29) is 35.7 Å². The largest absolute Gasteiger partial charge is 0.353 e. The molecule has 4 rings (SSSR count). The molecule has 0 unspecified atom stereocenters. The van der Waals surface area contributed by atoms with Crippen LogP contribution in [0.2, 0.25) is 0 Å². The van der Waals surface area contributed by atoms with E-state index in [2.05, 4.69) is 15.3 Å². The molecule has 0 bridgehead atoms. The van der Waals surface area contributed by atoms with Crippen molar-refractivity contribution in [1.82, 2.24) is 33.9 Å². The summed E-state index contributed by atoms with van der Waals surface area (Å²) in [5.74, 6) is -0.879. The van der Waals surface area contributed by atoms with Crippen LogP contribution in [-0.2, 0) is 30.2 Å². The van der Waals surface area contributed by atoms with Gasteiger partial charge in [-0.1, -0.05) is 6.07 Å². The standard InChI is InChI=1S/C20H19N7O5S/c1-24-16-15(18(30)25(2)19(24)31)26(11-23-16)10-14(28)22-6-7-27-17(29)13(33-20(27)32)8-12-4-3-5-21-9-12/h3-5,8-9,11H,6-7,10H2,1-2H3,(H,22,28)/b13-8+. The van der Waals surface area contributed by atoms with Crippen LogP contribution in [0.1, 0.15) is 5.56 Å². The van der Waals surface area contributed by atoms with E-state index >= 15 is 0 Å². The molecule has 1 N–H and O–H groups in total. The molecule has 3 amide bonds. The lowest BCUT2D eigenvalue weighted by atomic mass is 10.2. The molecule has 13 heteroatoms. The van der Waals surface area contributed by atoms with E-state index in [9.17, 15) is 24.0 Å². The molecular formula is C20H19N7O5S. The highest BCUT2D eigenvalue weighted by Gasteiger charge is 2.34. The number of thioether (sulfide) groups is 1. The summed E-state index contributed by atoms with van der Waals surface area (Å²) in [4.78, 5) is 71.0. The number of hydrogen-bond donors (Lipinski definition) is 1. The number of imide groups is 1. The first-order chi connectivity index (χ1) is 15.8. The minimum atomic E-state index is -0.559. The Balaban J connectivity index is 1.39. The Morgan fingerprint density at radius 2 is 1.97 bits per heavy atom. The van der Waals surface area contributed by atoms with Crippen LogP contribution in [0.5, 0.6) is 0 Å². The Morgan fingerprint density at radius 3 is 2.70 bits per heavy atom. The van der Waals surface area contributed by atoms with Gasteiger partial charge < -0.3 is 9.88 Å². The summed E-state index contributed by atoms with van der Waals surface area (Å²) in [6.07, 6.45) is 6.09. The zero-order valence-corrected chi connectivity index (χ0v) is 18.5. The highest BCUT2D eigenvalue weighted by atomic mass is 32.2. The topological polar surface area (TPSA) is 141 Å². The van der Waals surface area contributed by atoms with Gasteiger partial charge in [-0.15, -0.1) is 0 Å². The fraction of sp³-hybridized carbons (Fsp3) is 0.250. The summed E-state index contributed by atoms with van der Waals surface area (Å²) in [5, 5.41) is 2.21. The van der Waals surface area contributed by atoms with Gasteiger partial charge in [-0.25, -0.2) is 9.78 Å². The summed E-state index contributed by atoms with van der Waals surface area (Å²) < 4.78 is 3.52.